The first-order valence-electron chi connectivity index (χ1n) is 12.1. The van der Waals surface area contributed by atoms with Gasteiger partial charge in [0.15, 0.2) is 0 Å². The van der Waals surface area contributed by atoms with Crippen molar-refractivity contribution >= 4 is 46.6 Å². The van der Waals surface area contributed by atoms with E-state index in [9.17, 15) is 14.9 Å². The Balaban J connectivity index is 1.65. The summed E-state index contributed by atoms with van der Waals surface area (Å²) in [5.41, 5.74) is 4.09. The Morgan fingerprint density at radius 3 is 2.41 bits per heavy atom. The minimum atomic E-state index is -0.748. The number of dihydropyridines is 1. The van der Waals surface area contributed by atoms with Crippen molar-refractivity contribution in [1.29, 1.82) is 5.26 Å². The highest BCUT2D eigenvalue weighted by molar-refractivity contribution is 8.03. The number of halogens is 1. The minimum absolute atomic E-state index is 0.0622. The van der Waals surface area contributed by atoms with Crippen LogP contribution in [0.5, 0.6) is 5.75 Å². The molecule has 0 radical (unpaired) electrons. The third-order valence-corrected chi connectivity index (χ3v) is 7.51. The molecule has 198 valence electrons. The number of amides is 2. The fourth-order valence-corrected chi connectivity index (χ4v) is 5.39. The molecule has 3 aromatic rings. The van der Waals surface area contributed by atoms with Crippen LogP contribution in [0.3, 0.4) is 0 Å². The zero-order valence-electron chi connectivity index (χ0n) is 21.7. The summed E-state index contributed by atoms with van der Waals surface area (Å²) in [4.78, 5) is 26.4. The van der Waals surface area contributed by atoms with Crippen molar-refractivity contribution in [3.05, 3.63) is 111 Å². The molecule has 1 atom stereocenters. The first-order chi connectivity index (χ1) is 18.8. The molecule has 4 rings (SSSR count). The Morgan fingerprint density at radius 1 is 1.03 bits per heavy atom. The van der Waals surface area contributed by atoms with Crippen LogP contribution >= 0.6 is 23.4 Å². The van der Waals surface area contributed by atoms with E-state index >= 15 is 0 Å². The summed E-state index contributed by atoms with van der Waals surface area (Å²) in [6.07, 6.45) is 0. The summed E-state index contributed by atoms with van der Waals surface area (Å²) in [5, 5.41) is 20.2. The van der Waals surface area contributed by atoms with Gasteiger partial charge >= 0.3 is 0 Å². The van der Waals surface area contributed by atoms with E-state index in [0.29, 0.717) is 49.6 Å². The van der Waals surface area contributed by atoms with Crippen LogP contribution in [-0.4, -0.2) is 24.7 Å². The van der Waals surface area contributed by atoms with Crippen molar-refractivity contribution in [3.8, 4) is 11.8 Å². The number of benzene rings is 3. The lowest BCUT2D eigenvalue weighted by molar-refractivity contribution is -0.114. The number of hydrogen-bond acceptors (Lipinski definition) is 6. The van der Waals surface area contributed by atoms with Crippen molar-refractivity contribution < 1.29 is 14.3 Å². The average molecular weight is 559 g/mol. The summed E-state index contributed by atoms with van der Waals surface area (Å²) in [5.74, 6) is -0.794. The Labute approximate surface area is 236 Å². The van der Waals surface area contributed by atoms with Gasteiger partial charge in [0.05, 0.1) is 41.1 Å². The molecule has 0 saturated carbocycles. The number of nitrogens with zero attached hydrogens (tertiary/aromatic N) is 1. The summed E-state index contributed by atoms with van der Waals surface area (Å²) in [6, 6.07) is 24.0. The van der Waals surface area contributed by atoms with Gasteiger partial charge in [-0.3, -0.25) is 9.59 Å². The van der Waals surface area contributed by atoms with Gasteiger partial charge in [0.25, 0.3) is 5.91 Å². The molecule has 0 saturated heterocycles. The fourth-order valence-electron chi connectivity index (χ4n) is 4.26. The maximum Gasteiger partial charge on any atom is 0.254 e. The van der Waals surface area contributed by atoms with E-state index < -0.39 is 11.8 Å². The van der Waals surface area contributed by atoms with E-state index in [1.54, 1.807) is 43.3 Å². The Kier molecular flexibility index (Phi) is 8.97. The van der Waals surface area contributed by atoms with E-state index in [1.165, 1.54) is 18.9 Å². The molecule has 0 aliphatic carbocycles. The summed E-state index contributed by atoms with van der Waals surface area (Å²) < 4.78 is 5.38. The van der Waals surface area contributed by atoms with Crippen molar-refractivity contribution in [2.45, 2.75) is 19.8 Å². The number of anilines is 2. The standard InChI is InChI=1S/C30H27ClN4O3S/c1-18-12-14-20(15-13-18)34-26(36)17-39-30-22(16-32)28(21-8-4-5-9-23(21)31)27(19(2)33-30)29(37)35-24-10-6-7-11-25(24)38-3/h4-15,28,33H,17H2,1-3H3,(H,34,36)(H,35,37)/t28-/m1/s1. The molecule has 3 N–H and O–H groups in total. The van der Waals surface area contributed by atoms with E-state index in [-0.39, 0.29) is 11.7 Å². The zero-order valence-corrected chi connectivity index (χ0v) is 23.2. The smallest absolute Gasteiger partial charge is 0.254 e. The lowest BCUT2D eigenvalue weighted by atomic mass is 9.82. The lowest BCUT2D eigenvalue weighted by Crippen LogP contribution is -2.31. The molecular weight excluding hydrogens is 532 g/mol. The van der Waals surface area contributed by atoms with Crippen LogP contribution in [0.4, 0.5) is 11.4 Å². The molecule has 1 aliphatic rings. The Morgan fingerprint density at radius 2 is 1.72 bits per heavy atom. The third kappa shape index (κ3) is 6.45. The second-order valence-corrected chi connectivity index (χ2v) is 10.2. The molecule has 0 bridgehead atoms. The lowest BCUT2D eigenvalue weighted by Gasteiger charge is -2.30. The van der Waals surface area contributed by atoms with E-state index in [1.807, 2.05) is 43.3 Å². The van der Waals surface area contributed by atoms with Crippen LogP contribution in [0.15, 0.2) is 94.7 Å². The molecule has 3 aromatic carbocycles. The molecule has 7 nitrogen and oxygen atoms in total. The number of aryl methyl sites for hydroxylation is 1. The highest BCUT2D eigenvalue weighted by Crippen LogP contribution is 2.43. The molecule has 0 unspecified atom stereocenters. The molecular formula is C30H27ClN4O3S. The molecule has 2 amide bonds. The molecule has 39 heavy (non-hydrogen) atoms. The number of methoxy groups -OCH3 is 1. The number of nitrogens with one attached hydrogen (secondary N) is 3. The zero-order chi connectivity index (χ0) is 27.9. The van der Waals surface area contributed by atoms with Crippen molar-refractivity contribution in [1.82, 2.24) is 5.32 Å². The first-order valence-corrected chi connectivity index (χ1v) is 13.5. The number of rotatable bonds is 8. The topological polar surface area (TPSA) is 103 Å². The third-order valence-electron chi connectivity index (χ3n) is 6.15. The molecule has 9 heteroatoms. The average Bonchev–Trinajstić information content (AvgIpc) is 2.93. The van der Waals surface area contributed by atoms with Crippen molar-refractivity contribution in [2.24, 2.45) is 0 Å². The predicted molar refractivity (Wildman–Crippen MR) is 157 cm³/mol. The van der Waals surface area contributed by atoms with E-state index in [0.717, 1.165) is 5.56 Å². The monoisotopic (exact) mass is 558 g/mol. The predicted octanol–water partition coefficient (Wildman–Crippen LogP) is 6.36. The summed E-state index contributed by atoms with van der Waals surface area (Å²) in [6.45, 7) is 3.74. The second kappa shape index (κ2) is 12.6. The minimum Gasteiger partial charge on any atom is -0.495 e. The number of ether oxygens (including phenoxy) is 1. The van der Waals surface area contributed by atoms with Gasteiger partial charge in [-0.2, -0.15) is 5.26 Å². The van der Waals surface area contributed by atoms with E-state index in [4.69, 9.17) is 16.3 Å². The number of carbonyl (C=O) groups is 2. The normalized spacial score (nSPS) is 14.8. The number of hydrogen-bond donors (Lipinski definition) is 3. The van der Waals surface area contributed by atoms with Crippen molar-refractivity contribution in [3.63, 3.8) is 0 Å². The Hall–Kier alpha value is -4.19. The molecule has 0 aromatic heterocycles. The van der Waals surface area contributed by atoms with Crippen LogP contribution in [0.25, 0.3) is 0 Å². The van der Waals surface area contributed by atoms with Crippen LogP contribution in [0.1, 0.15) is 24.0 Å². The van der Waals surface area contributed by atoms with Crippen molar-refractivity contribution in [2.75, 3.05) is 23.5 Å². The SMILES string of the molecule is COc1ccccc1NC(=O)C1=C(C)NC(SCC(=O)Nc2ccc(C)cc2)=C(C#N)[C@H]1c1ccccc1Cl. The molecule has 0 spiro atoms. The largest absolute Gasteiger partial charge is 0.495 e. The van der Waals surface area contributed by atoms with Gasteiger partial charge in [-0.05, 0) is 49.7 Å². The summed E-state index contributed by atoms with van der Waals surface area (Å²) >= 11 is 7.78. The maximum absolute atomic E-state index is 13.7. The number of thioether (sulfide) groups is 1. The highest BCUT2D eigenvalue weighted by atomic mass is 35.5. The van der Waals surface area contributed by atoms with Crippen LogP contribution in [0.2, 0.25) is 5.02 Å². The van der Waals surface area contributed by atoms with Crippen LogP contribution in [-0.2, 0) is 9.59 Å². The van der Waals surface area contributed by atoms with Gasteiger partial charge in [0.2, 0.25) is 5.91 Å². The fraction of sp³-hybridized carbons (Fsp3) is 0.167. The van der Waals surface area contributed by atoms with Gasteiger partial charge in [-0.15, -0.1) is 0 Å². The maximum atomic E-state index is 13.7. The molecule has 1 heterocycles. The Bertz CT molecular complexity index is 1510. The number of para-hydroxylation sites is 2. The second-order valence-electron chi connectivity index (χ2n) is 8.83. The number of nitriles is 1. The molecule has 1 aliphatic heterocycles. The number of allylic oxidation sites excluding steroid dienone is 2. The van der Waals surface area contributed by atoms with Crippen LogP contribution < -0.4 is 20.7 Å². The van der Waals surface area contributed by atoms with Gasteiger partial charge in [-0.25, -0.2) is 0 Å². The number of carbonyl (C=O) groups excluding carboxylic acids is 2. The van der Waals surface area contributed by atoms with Crippen LogP contribution in [0, 0.1) is 18.3 Å². The van der Waals surface area contributed by atoms with E-state index in [2.05, 4.69) is 22.0 Å². The summed E-state index contributed by atoms with van der Waals surface area (Å²) in [7, 11) is 1.53. The van der Waals surface area contributed by atoms with Gasteiger partial charge in [0.1, 0.15) is 5.75 Å². The van der Waals surface area contributed by atoms with Gasteiger partial charge in [-0.1, -0.05) is 71.4 Å². The van der Waals surface area contributed by atoms with Gasteiger partial charge in [0, 0.05) is 22.0 Å². The van der Waals surface area contributed by atoms with Gasteiger partial charge < -0.3 is 20.7 Å². The highest BCUT2D eigenvalue weighted by Gasteiger charge is 2.36. The molecule has 0 fully saturated rings. The quantitative estimate of drug-likeness (QED) is 0.297. The first kappa shape index (κ1) is 27.8.